The lowest BCUT2D eigenvalue weighted by Crippen LogP contribution is -2.39. The number of hydrogen-bond acceptors (Lipinski definition) is 5. The Morgan fingerprint density at radius 2 is 1.90 bits per heavy atom. The van der Waals surface area contributed by atoms with Crippen molar-refractivity contribution >= 4 is 29.1 Å². The number of nitrogens with one attached hydrogen (secondary N) is 1. The van der Waals surface area contributed by atoms with Crippen molar-refractivity contribution in [3.05, 3.63) is 65.0 Å². The van der Waals surface area contributed by atoms with E-state index in [1.54, 1.807) is 29.2 Å². The molecular formula is C22H19ClN4O3. The summed E-state index contributed by atoms with van der Waals surface area (Å²) in [4.78, 5) is 27.4. The van der Waals surface area contributed by atoms with Crippen LogP contribution in [0.3, 0.4) is 0 Å². The second kappa shape index (κ2) is 7.57. The number of para-hydroxylation sites is 1. The van der Waals surface area contributed by atoms with Crippen LogP contribution in [-0.4, -0.2) is 33.0 Å². The predicted octanol–water partition coefficient (Wildman–Crippen LogP) is 4.01. The van der Waals surface area contributed by atoms with Crippen molar-refractivity contribution in [2.24, 2.45) is 0 Å². The highest BCUT2D eigenvalue weighted by atomic mass is 35.5. The molecule has 1 aliphatic heterocycles. The van der Waals surface area contributed by atoms with E-state index >= 15 is 0 Å². The fourth-order valence-corrected chi connectivity index (χ4v) is 3.90. The number of fused-ring (bicyclic) bond motifs is 1. The van der Waals surface area contributed by atoms with E-state index < -0.39 is 5.92 Å². The Morgan fingerprint density at radius 1 is 1.13 bits per heavy atom. The molecule has 2 aliphatic rings. The number of aromatic nitrogens is 2. The standard InChI is InChI=1S/C22H19ClN4O3/c23-14-7-5-13(6-8-14)21-26-25-20(30-21)12-27(15-9-10-15)22(29)17-11-19(28)24-18-4-2-1-3-16(17)18/h1-8,15,17H,9-12H2,(H,24,28). The molecule has 1 N–H and O–H groups in total. The van der Waals surface area contributed by atoms with Crippen molar-refractivity contribution in [2.45, 2.75) is 37.8 Å². The van der Waals surface area contributed by atoms with Gasteiger partial charge < -0.3 is 14.6 Å². The van der Waals surface area contributed by atoms with Crippen LogP contribution in [0.15, 0.2) is 52.9 Å². The Balaban J connectivity index is 1.39. The highest BCUT2D eigenvalue weighted by molar-refractivity contribution is 6.30. The zero-order chi connectivity index (χ0) is 20.7. The topological polar surface area (TPSA) is 88.3 Å². The fourth-order valence-electron chi connectivity index (χ4n) is 3.78. The van der Waals surface area contributed by atoms with E-state index in [9.17, 15) is 9.59 Å². The largest absolute Gasteiger partial charge is 0.419 e. The second-order valence-corrected chi connectivity index (χ2v) is 8.03. The number of benzene rings is 2. The van der Waals surface area contributed by atoms with Gasteiger partial charge in [0.05, 0.1) is 12.5 Å². The number of hydrogen-bond donors (Lipinski definition) is 1. The van der Waals surface area contributed by atoms with Crippen molar-refractivity contribution in [2.75, 3.05) is 5.32 Å². The first-order valence-corrected chi connectivity index (χ1v) is 10.2. The SMILES string of the molecule is O=C1CC(C(=O)N(Cc2nnc(-c3ccc(Cl)cc3)o2)C2CC2)c2ccccc2N1. The van der Waals surface area contributed by atoms with Crippen molar-refractivity contribution in [1.29, 1.82) is 0 Å². The number of rotatable bonds is 5. The van der Waals surface area contributed by atoms with Gasteiger partial charge in [0.15, 0.2) is 0 Å². The smallest absolute Gasteiger partial charge is 0.247 e. The highest BCUT2D eigenvalue weighted by Crippen LogP contribution is 2.37. The van der Waals surface area contributed by atoms with Gasteiger partial charge in [0.1, 0.15) is 0 Å². The summed E-state index contributed by atoms with van der Waals surface area (Å²) >= 11 is 5.93. The highest BCUT2D eigenvalue weighted by Gasteiger charge is 2.40. The Labute approximate surface area is 178 Å². The van der Waals surface area contributed by atoms with Crippen LogP contribution in [0.4, 0.5) is 5.69 Å². The molecule has 7 nitrogen and oxygen atoms in total. The molecule has 1 saturated carbocycles. The maximum absolute atomic E-state index is 13.4. The first kappa shape index (κ1) is 18.8. The minimum atomic E-state index is -0.505. The van der Waals surface area contributed by atoms with Gasteiger partial charge in [0, 0.05) is 28.7 Å². The third kappa shape index (κ3) is 3.68. The first-order chi connectivity index (χ1) is 14.6. The maximum Gasteiger partial charge on any atom is 0.247 e. The lowest BCUT2D eigenvalue weighted by molar-refractivity contribution is -0.136. The van der Waals surface area contributed by atoms with Crippen LogP contribution in [-0.2, 0) is 16.1 Å². The summed E-state index contributed by atoms with van der Waals surface area (Å²) in [6, 6.07) is 14.7. The van der Waals surface area contributed by atoms with Crippen molar-refractivity contribution in [3.63, 3.8) is 0 Å². The Bertz CT molecular complexity index is 1110. The normalized spacial score (nSPS) is 17.9. The molecule has 1 aromatic heterocycles. The average molecular weight is 423 g/mol. The molecule has 2 aromatic carbocycles. The third-order valence-electron chi connectivity index (χ3n) is 5.43. The summed E-state index contributed by atoms with van der Waals surface area (Å²) in [7, 11) is 0. The molecule has 5 rings (SSSR count). The lowest BCUT2D eigenvalue weighted by Gasteiger charge is -2.30. The molecular weight excluding hydrogens is 404 g/mol. The lowest BCUT2D eigenvalue weighted by atomic mass is 9.89. The molecule has 2 heterocycles. The van der Waals surface area contributed by atoms with Gasteiger partial charge in [-0.25, -0.2) is 0 Å². The third-order valence-corrected chi connectivity index (χ3v) is 5.68. The molecule has 8 heteroatoms. The second-order valence-electron chi connectivity index (χ2n) is 7.60. The van der Waals surface area contributed by atoms with E-state index in [1.807, 2.05) is 24.3 Å². The summed E-state index contributed by atoms with van der Waals surface area (Å²) in [5.74, 6) is 0.0202. The van der Waals surface area contributed by atoms with Gasteiger partial charge in [-0.15, -0.1) is 10.2 Å². The molecule has 1 atom stereocenters. The van der Waals surface area contributed by atoms with Crippen LogP contribution in [0.2, 0.25) is 5.02 Å². The number of anilines is 1. The van der Waals surface area contributed by atoms with Crippen molar-refractivity contribution < 1.29 is 14.0 Å². The quantitative estimate of drug-likeness (QED) is 0.671. The molecule has 1 fully saturated rings. The summed E-state index contributed by atoms with van der Waals surface area (Å²) < 4.78 is 5.81. The molecule has 2 amide bonds. The summed E-state index contributed by atoms with van der Waals surface area (Å²) in [5, 5.41) is 11.7. The van der Waals surface area contributed by atoms with Crippen LogP contribution in [0, 0.1) is 0 Å². The fraction of sp³-hybridized carbons (Fsp3) is 0.273. The van der Waals surface area contributed by atoms with Gasteiger partial charge in [-0.1, -0.05) is 29.8 Å². The van der Waals surface area contributed by atoms with Crippen molar-refractivity contribution in [1.82, 2.24) is 15.1 Å². The van der Waals surface area contributed by atoms with E-state index in [0.29, 0.717) is 22.5 Å². The monoisotopic (exact) mass is 422 g/mol. The molecule has 3 aromatic rings. The van der Waals surface area contributed by atoms with E-state index in [2.05, 4.69) is 15.5 Å². The summed E-state index contributed by atoms with van der Waals surface area (Å²) in [5.41, 5.74) is 2.31. The molecule has 152 valence electrons. The van der Waals surface area contributed by atoms with Gasteiger partial charge in [-0.3, -0.25) is 9.59 Å². The Kier molecular flexibility index (Phi) is 4.75. The summed E-state index contributed by atoms with van der Waals surface area (Å²) in [6.45, 7) is 0.227. The minimum Gasteiger partial charge on any atom is -0.419 e. The first-order valence-electron chi connectivity index (χ1n) is 9.86. The van der Waals surface area contributed by atoms with Gasteiger partial charge >= 0.3 is 0 Å². The molecule has 0 saturated heterocycles. The molecule has 0 bridgehead atoms. The van der Waals surface area contributed by atoms with Gasteiger partial charge in [-0.2, -0.15) is 0 Å². The van der Waals surface area contributed by atoms with E-state index in [0.717, 1.165) is 24.0 Å². The van der Waals surface area contributed by atoms with Crippen LogP contribution in [0.25, 0.3) is 11.5 Å². The molecule has 1 aliphatic carbocycles. The van der Waals surface area contributed by atoms with Crippen LogP contribution < -0.4 is 5.32 Å². The molecule has 30 heavy (non-hydrogen) atoms. The van der Waals surface area contributed by atoms with Crippen LogP contribution >= 0.6 is 11.6 Å². The van der Waals surface area contributed by atoms with Crippen LogP contribution in [0.1, 0.15) is 36.6 Å². The summed E-state index contributed by atoms with van der Waals surface area (Å²) in [6.07, 6.45) is 2.01. The number of nitrogens with zero attached hydrogens (tertiary/aromatic N) is 3. The van der Waals surface area contributed by atoms with Crippen LogP contribution in [0.5, 0.6) is 0 Å². The van der Waals surface area contributed by atoms with Gasteiger partial charge in [-0.05, 0) is 48.7 Å². The van der Waals surface area contributed by atoms with Crippen molar-refractivity contribution in [3.8, 4) is 11.5 Å². The van der Waals surface area contributed by atoms with Gasteiger partial charge in [0.25, 0.3) is 0 Å². The van der Waals surface area contributed by atoms with E-state index in [1.165, 1.54) is 0 Å². The number of amides is 2. The minimum absolute atomic E-state index is 0.0777. The molecule has 0 spiro atoms. The Morgan fingerprint density at radius 3 is 2.67 bits per heavy atom. The van der Waals surface area contributed by atoms with E-state index in [-0.39, 0.29) is 30.8 Å². The number of carbonyl (C=O) groups excluding carboxylic acids is 2. The number of carbonyl (C=O) groups is 2. The van der Waals surface area contributed by atoms with Gasteiger partial charge in [0.2, 0.25) is 23.6 Å². The molecule has 0 radical (unpaired) electrons. The predicted molar refractivity (Wildman–Crippen MR) is 111 cm³/mol. The zero-order valence-corrected chi connectivity index (χ0v) is 16.8. The number of halogens is 1. The maximum atomic E-state index is 13.4. The molecule has 1 unspecified atom stereocenters. The Hall–Kier alpha value is -3.19. The average Bonchev–Trinajstić information content (AvgIpc) is 3.49. The zero-order valence-electron chi connectivity index (χ0n) is 16.0. The van der Waals surface area contributed by atoms with E-state index in [4.69, 9.17) is 16.0 Å².